The third kappa shape index (κ3) is 4.97. The highest BCUT2D eigenvalue weighted by Crippen LogP contribution is 2.37. The quantitative estimate of drug-likeness (QED) is 0.603. The van der Waals surface area contributed by atoms with Crippen LogP contribution >= 0.6 is 0 Å². The van der Waals surface area contributed by atoms with Crippen molar-refractivity contribution in [2.75, 3.05) is 13.2 Å². The Morgan fingerprint density at radius 1 is 0.786 bits per heavy atom. The Balaban J connectivity index is 4.21. The standard InChI is InChI=1S/C12H26O2/c1-3-5-7-12(6-4-2,8-10-13)9-11-14/h13-14H,3-11H2,1-2H3. The maximum absolute atomic E-state index is 9.07. The van der Waals surface area contributed by atoms with Gasteiger partial charge in [0.2, 0.25) is 0 Å². The molecule has 0 bridgehead atoms. The summed E-state index contributed by atoms with van der Waals surface area (Å²) in [5, 5.41) is 18.1. The maximum atomic E-state index is 9.07. The van der Waals surface area contributed by atoms with E-state index in [9.17, 15) is 0 Å². The monoisotopic (exact) mass is 202 g/mol. The van der Waals surface area contributed by atoms with E-state index in [1.54, 1.807) is 0 Å². The largest absolute Gasteiger partial charge is 0.396 e. The Hall–Kier alpha value is -0.0800. The summed E-state index contributed by atoms with van der Waals surface area (Å²) in [6.45, 7) is 4.87. The Kier molecular flexibility index (Phi) is 8.20. The second kappa shape index (κ2) is 8.25. The van der Waals surface area contributed by atoms with Crippen molar-refractivity contribution in [3.05, 3.63) is 0 Å². The minimum atomic E-state index is 0.203. The summed E-state index contributed by atoms with van der Waals surface area (Å²) in [6, 6.07) is 0. The zero-order chi connectivity index (χ0) is 10.9. The van der Waals surface area contributed by atoms with Gasteiger partial charge in [-0.05, 0) is 31.1 Å². The molecule has 0 rings (SSSR count). The SMILES string of the molecule is CCCCC(CCC)(CCO)CCO. The molecule has 0 heterocycles. The topological polar surface area (TPSA) is 40.5 Å². The van der Waals surface area contributed by atoms with Crippen LogP contribution in [0.1, 0.15) is 58.8 Å². The normalized spacial score (nSPS) is 12.0. The molecule has 0 fully saturated rings. The van der Waals surface area contributed by atoms with E-state index in [-0.39, 0.29) is 18.6 Å². The van der Waals surface area contributed by atoms with E-state index in [4.69, 9.17) is 10.2 Å². The van der Waals surface area contributed by atoms with Gasteiger partial charge in [-0.3, -0.25) is 0 Å². The van der Waals surface area contributed by atoms with Crippen molar-refractivity contribution in [3.8, 4) is 0 Å². The number of aliphatic hydroxyl groups excluding tert-OH is 2. The van der Waals surface area contributed by atoms with Crippen molar-refractivity contribution in [1.82, 2.24) is 0 Å². The molecule has 0 unspecified atom stereocenters. The summed E-state index contributed by atoms with van der Waals surface area (Å²) in [7, 11) is 0. The molecule has 2 nitrogen and oxygen atoms in total. The molecule has 0 aliphatic heterocycles. The van der Waals surface area contributed by atoms with Crippen LogP contribution in [0.25, 0.3) is 0 Å². The van der Waals surface area contributed by atoms with Gasteiger partial charge in [0, 0.05) is 13.2 Å². The highest BCUT2D eigenvalue weighted by atomic mass is 16.3. The highest BCUT2D eigenvalue weighted by molar-refractivity contribution is 4.78. The molecule has 0 aliphatic rings. The molecular formula is C12H26O2. The molecule has 86 valence electrons. The number of hydrogen-bond acceptors (Lipinski definition) is 2. The van der Waals surface area contributed by atoms with Gasteiger partial charge >= 0.3 is 0 Å². The number of unbranched alkanes of at least 4 members (excludes halogenated alkanes) is 1. The van der Waals surface area contributed by atoms with Crippen molar-refractivity contribution >= 4 is 0 Å². The molecule has 0 aliphatic carbocycles. The molecule has 2 N–H and O–H groups in total. The van der Waals surface area contributed by atoms with Crippen LogP contribution in [0.3, 0.4) is 0 Å². The first kappa shape index (κ1) is 13.9. The van der Waals surface area contributed by atoms with E-state index in [1.807, 2.05) is 0 Å². The molecule has 0 aromatic heterocycles. The fourth-order valence-corrected chi connectivity index (χ4v) is 2.31. The number of hydrogen-bond donors (Lipinski definition) is 2. The van der Waals surface area contributed by atoms with Crippen LogP contribution in [0.2, 0.25) is 0 Å². The van der Waals surface area contributed by atoms with E-state index < -0.39 is 0 Å². The molecule has 14 heavy (non-hydrogen) atoms. The van der Waals surface area contributed by atoms with E-state index in [0.29, 0.717) is 0 Å². The molecule has 2 heteroatoms. The highest BCUT2D eigenvalue weighted by Gasteiger charge is 2.27. The first-order chi connectivity index (χ1) is 6.74. The predicted molar refractivity (Wildman–Crippen MR) is 60.3 cm³/mol. The van der Waals surface area contributed by atoms with Crippen LogP contribution in [0.4, 0.5) is 0 Å². The molecule has 0 radical (unpaired) electrons. The van der Waals surface area contributed by atoms with Gasteiger partial charge in [-0.2, -0.15) is 0 Å². The van der Waals surface area contributed by atoms with Crippen LogP contribution in [0.5, 0.6) is 0 Å². The molecule has 0 saturated carbocycles. The van der Waals surface area contributed by atoms with E-state index in [2.05, 4.69) is 13.8 Å². The minimum Gasteiger partial charge on any atom is -0.396 e. The Morgan fingerprint density at radius 2 is 1.36 bits per heavy atom. The Labute approximate surface area is 88.3 Å². The van der Waals surface area contributed by atoms with Crippen LogP contribution in [-0.2, 0) is 0 Å². The van der Waals surface area contributed by atoms with Gasteiger partial charge in [0.25, 0.3) is 0 Å². The minimum absolute atomic E-state index is 0.203. The first-order valence-corrected chi connectivity index (χ1v) is 5.96. The van der Waals surface area contributed by atoms with Gasteiger partial charge in [-0.1, -0.05) is 33.1 Å². The van der Waals surface area contributed by atoms with E-state index >= 15 is 0 Å². The number of aliphatic hydroxyl groups is 2. The third-order valence-electron chi connectivity index (χ3n) is 3.13. The second-order valence-electron chi connectivity index (χ2n) is 4.30. The molecular weight excluding hydrogens is 176 g/mol. The average molecular weight is 202 g/mol. The van der Waals surface area contributed by atoms with Crippen molar-refractivity contribution in [2.24, 2.45) is 5.41 Å². The third-order valence-corrected chi connectivity index (χ3v) is 3.13. The summed E-state index contributed by atoms with van der Waals surface area (Å²) in [5.41, 5.74) is 0.203. The lowest BCUT2D eigenvalue weighted by atomic mass is 9.74. The van der Waals surface area contributed by atoms with Crippen LogP contribution in [0, 0.1) is 5.41 Å². The van der Waals surface area contributed by atoms with Gasteiger partial charge in [0.15, 0.2) is 0 Å². The fraction of sp³-hybridized carbons (Fsp3) is 1.00. The van der Waals surface area contributed by atoms with Crippen molar-refractivity contribution < 1.29 is 10.2 Å². The zero-order valence-corrected chi connectivity index (χ0v) is 9.76. The molecule has 0 spiro atoms. The summed E-state index contributed by atoms with van der Waals surface area (Å²) in [4.78, 5) is 0. The first-order valence-electron chi connectivity index (χ1n) is 5.96. The van der Waals surface area contributed by atoms with Crippen molar-refractivity contribution in [3.63, 3.8) is 0 Å². The van der Waals surface area contributed by atoms with E-state index in [1.165, 1.54) is 12.8 Å². The van der Waals surface area contributed by atoms with Crippen LogP contribution in [0.15, 0.2) is 0 Å². The zero-order valence-electron chi connectivity index (χ0n) is 9.76. The molecule has 0 aromatic carbocycles. The second-order valence-corrected chi connectivity index (χ2v) is 4.30. The number of rotatable bonds is 9. The Bertz CT molecular complexity index is 106. The summed E-state index contributed by atoms with van der Waals surface area (Å²) in [5.74, 6) is 0. The van der Waals surface area contributed by atoms with Crippen molar-refractivity contribution in [1.29, 1.82) is 0 Å². The fourth-order valence-electron chi connectivity index (χ4n) is 2.31. The lowest BCUT2D eigenvalue weighted by Gasteiger charge is -2.32. The molecule has 0 amide bonds. The van der Waals surface area contributed by atoms with Gasteiger partial charge in [0.05, 0.1) is 0 Å². The summed E-state index contributed by atoms with van der Waals surface area (Å²) < 4.78 is 0. The lowest BCUT2D eigenvalue weighted by Crippen LogP contribution is -2.24. The van der Waals surface area contributed by atoms with Crippen LogP contribution in [-0.4, -0.2) is 23.4 Å². The molecule has 0 atom stereocenters. The van der Waals surface area contributed by atoms with Gasteiger partial charge in [0.1, 0.15) is 0 Å². The molecule has 0 aromatic rings. The molecule has 0 saturated heterocycles. The maximum Gasteiger partial charge on any atom is 0.0436 e. The summed E-state index contributed by atoms with van der Waals surface area (Å²) >= 11 is 0. The smallest absolute Gasteiger partial charge is 0.0436 e. The van der Waals surface area contributed by atoms with Gasteiger partial charge in [-0.15, -0.1) is 0 Å². The van der Waals surface area contributed by atoms with Crippen LogP contribution < -0.4 is 0 Å². The van der Waals surface area contributed by atoms with Gasteiger partial charge in [-0.25, -0.2) is 0 Å². The van der Waals surface area contributed by atoms with Gasteiger partial charge < -0.3 is 10.2 Å². The lowest BCUT2D eigenvalue weighted by molar-refractivity contribution is 0.111. The average Bonchev–Trinajstić information content (AvgIpc) is 2.16. The predicted octanol–water partition coefficient (Wildman–Crippen LogP) is 2.73. The van der Waals surface area contributed by atoms with Crippen molar-refractivity contribution in [2.45, 2.75) is 58.8 Å². The van der Waals surface area contributed by atoms with E-state index in [0.717, 1.165) is 32.1 Å². The Morgan fingerprint density at radius 3 is 1.71 bits per heavy atom. The summed E-state index contributed by atoms with van der Waals surface area (Å²) in [6.07, 6.45) is 7.53.